The van der Waals surface area contributed by atoms with Gasteiger partial charge >= 0.3 is 5.97 Å². The van der Waals surface area contributed by atoms with E-state index >= 15 is 0 Å². The van der Waals surface area contributed by atoms with E-state index in [9.17, 15) is 25.2 Å². The Morgan fingerprint density at radius 3 is 2.58 bits per heavy atom. The van der Waals surface area contributed by atoms with Crippen molar-refractivity contribution in [3.05, 3.63) is 47.1 Å². The van der Waals surface area contributed by atoms with Crippen LogP contribution in [0.2, 0.25) is 0 Å². The first-order valence-corrected chi connectivity index (χ1v) is 14.6. The minimum absolute atomic E-state index is 0.00788. The molecule has 4 N–H and O–H groups in total. The third-order valence-electron chi connectivity index (χ3n) is 9.58. The monoisotopic (exact) mass is 560 g/mol. The lowest BCUT2D eigenvalue weighted by Gasteiger charge is -2.49. The molecule has 5 aliphatic rings. The first kappa shape index (κ1) is 29.6. The highest BCUT2D eigenvalue weighted by Crippen LogP contribution is 2.47. The molecule has 2 bridgehead atoms. The van der Waals surface area contributed by atoms with Gasteiger partial charge in [0.2, 0.25) is 0 Å². The maximum atomic E-state index is 13.8. The van der Waals surface area contributed by atoms with E-state index in [1.165, 1.54) is 0 Å². The van der Waals surface area contributed by atoms with Gasteiger partial charge in [-0.2, -0.15) is 0 Å². The quantitative estimate of drug-likeness (QED) is 0.282. The van der Waals surface area contributed by atoms with Gasteiger partial charge in [-0.1, -0.05) is 37.3 Å². The standard InChI is InChI=1S/C31H44O9/c1-17-6-5-7-22-16-37-28-27(34)19(3)12-25(31(22,28)36)29(35)38-24-13-23(9-8-18(2)26(17)33)40-30(14-24)11-10-21(15-32)20(4)39-30/h5-8,12,17,20-21,23-28,32-34,36H,9-11,13-16H2,1-4H3/b6-5+,18-8+,22-7+/t17-,20?,21+,23+,24-,25-,26+,27+,28+,30-,31+/m0/s1. The Morgan fingerprint density at radius 2 is 1.85 bits per heavy atom. The van der Waals surface area contributed by atoms with Crippen LogP contribution in [0.3, 0.4) is 0 Å². The number of esters is 1. The Labute approximate surface area is 236 Å². The fourth-order valence-corrected chi connectivity index (χ4v) is 6.98. The third kappa shape index (κ3) is 5.38. The number of aliphatic hydroxyl groups is 4. The van der Waals surface area contributed by atoms with Crippen molar-refractivity contribution in [2.24, 2.45) is 17.8 Å². The van der Waals surface area contributed by atoms with Crippen LogP contribution >= 0.6 is 0 Å². The number of fused-ring (bicyclic) bond motifs is 2. The van der Waals surface area contributed by atoms with Crippen molar-refractivity contribution in [2.75, 3.05) is 13.2 Å². The molecule has 5 rings (SSSR count). The van der Waals surface area contributed by atoms with E-state index in [2.05, 4.69) is 0 Å². The van der Waals surface area contributed by atoms with E-state index in [0.29, 0.717) is 36.8 Å². The molecule has 0 amide bonds. The molecule has 222 valence electrons. The number of ether oxygens (including phenoxy) is 4. The highest BCUT2D eigenvalue weighted by molar-refractivity contribution is 5.78. The average Bonchev–Trinajstić information content (AvgIpc) is 3.25. The molecule has 1 aliphatic carbocycles. The Balaban J connectivity index is 1.52. The summed E-state index contributed by atoms with van der Waals surface area (Å²) < 4.78 is 24.9. The molecule has 3 saturated heterocycles. The molecule has 1 spiro atoms. The summed E-state index contributed by atoms with van der Waals surface area (Å²) in [7, 11) is 0. The van der Waals surface area contributed by atoms with E-state index in [0.717, 1.165) is 12.0 Å². The number of rotatable bonds is 1. The van der Waals surface area contributed by atoms with Crippen LogP contribution in [0.5, 0.6) is 0 Å². The predicted octanol–water partition coefficient (Wildman–Crippen LogP) is 2.48. The van der Waals surface area contributed by atoms with Crippen molar-refractivity contribution in [3.63, 3.8) is 0 Å². The zero-order valence-corrected chi connectivity index (χ0v) is 23.9. The summed E-state index contributed by atoms with van der Waals surface area (Å²) in [6, 6.07) is 0. The van der Waals surface area contributed by atoms with Crippen LogP contribution in [-0.4, -0.2) is 87.6 Å². The van der Waals surface area contributed by atoms with Crippen LogP contribution in [0.25, 0.3) is 0 Å². The Morgan fingerprint density at radius 1 is 1.07 bits per heavy atom. The zero-order chi connectivity index (χ0) is 28.8. The SMILES string of the molecule is CC1=C[C@H]2C(=O)O[C@H]3C[C@@H](C/C=C(\C)[C@H](O)[C@@H](C)/C=C/C=C4\CO[C@H]([C@@H]1O)[C@@]42O)O[C@@]1(CC[C@H](CO)C(C)O1)C3. The second-order valence-electron chi connectivity index (χ2n) is 12.4. The normalized spacial score (nSPS) is 49.6. The molecule has 0 aromatic rings. The van der Waals surface area contributed by atoms with Gasteiger partial charge in [-0.15, -0.1) is 0 Å². The minimum atomic E-state index is -1.78. The van der Waals surface area contributed by atoms with Gasteiger partial charge in [0, 0.05) is 37.7 Å². The van der Waals surface area contributed by atoms with Crippen molar-refractivity contribution in [1.82, 2.24) is 0 Å². The first-order chi connectivity index (χ1) is 19.0. The molecular formula is C31H44O9. The summed E-state index contributed by atoms with van der Waals surface area (Å²) in [5.41, 5.74) is 0.0499. The number of carbonyl (C=O) groups is 1. The molecule has 9 nitrogen and oxygen atoms in total. The zero-order valence-electron chi connectivity index (χ0n) is 23.9. The topological polar surface area (TPSA) is 135 Å². The van der Waals surface area contributed by atoms with Crippen molar-refractivity contribution >= 4 is 5.97 Å². The highest BCUT2D eigenvalue weighted by atomic mass is 16.7. The van der Waals surface area contributed by atoms with Crippen molar-refractivity contribution < 1.29 is 44.2 Å². The smallest absolute Gasteiger partial charge is 0.316 e. The lowest BCUT2D eigenvalue weighted by molar-refractivity contribution is -0.334. The maximum Gasteiger partial charge on any atom is 0.316 e. The summed E-state index contributed by atoms with van der Waals surface area (Å²) in [5.74, 6) is -2.81. The molecule has 3 fully saturated rings. The van der Waals surface area contributed by atoms with Gasteiger partial charge in [-0.25, -0.2) is 0 Å². The molecule has 0 aromatic heterocycles. The van der Waals surface area contributed by atoms with Gasteiger partial charge < -0.3 is 39.4 Å². The van der Waals surface area contributed by atoms with Crippen LogP contribution in [0.1, 0.15) is 59.8 Å². The summed E-state index contributed by atoms with van der Waals surface area (Å²) in [5, 5.41) is 43.6. The van der Waals surface area contributed by atoms with Gasteiger partial charge in [0.1, 0.15) is 29.8 Å². The molecule has 9 heteroatoms. The maximum absolute atomic E-state index is 13.8. The molecule has 0 saturated carbocycles. The molecule has 0 radical (unpaired) electrons. The van der Waals surface area contributed by atoms with Crippen LogP contribution in [0.4, 0.5) is 0 Å². The number of carbonyl (C=O) groups excluding carboxylic acids is 1. The molecule has 0 aromatic carbocycles. The number of aliphatic hydroxyl groups excluding tert-OH is 3. The third-order valence-corrected chi connectivity index (χ3v) is 9.58. The number of allylic oxidation sites excluding steroid dienone is 2. The van der Waals surface area contributed by atoms with Crippen LogP contribution in [0, 0.1) is 17.8 Å². The second kappa shape index (κ2) is 11.4. The van der Waals surface area contributed by atoms with Crippen LogP contribution in [0.15, 0.2) is 47.1 Å². The highest BCUT2D eigenvalue weighted by Gasteiger charge is 2.60. The average molecular weight is 561 g/mol. The lowest BCUT2D eigenvalue weighted by Crippen LogP contribution is -2.58. The Bertz CT molecular complexity index is 1090. The summed E-state index contributed by atoms with van der Waals surface area (Å²) in [6.07, 6.45) is 7.58. The minimum Gasteiger partial charge on any atom is -0.462 e. The van der Waals surface area contributed by atoms with Gasteiger partial charge in [0.15, 0.2) is 5.79 Å². The van der Waals surface area contributed by atoms with E-state index in [1.807, 2.05) is 32.9 Å². The van der Waals surface area contributed by atoms with Crippen molar-refractivity contribution in [2.45, 2.75) is 108 Å². The van der Waals surface area contributed by atoms with E-state index in [-0.39, 0.29) is 37.3 Å². The van der Waals surface area contributed by atoms with Gasteiger partial charge in [0.05, 0.1) is 24.9 Å². The number of hydrogen-bond donors (Lipinski definition) is 4. The van der Waals surface area contributed by atoms with E-state index in [1.54, 1.807) is 25.2 Å². The fourth-order valence-electron chi connectivity index (χ4n) is 6.98. The van der Waals surface area contributed by atoms with Gasteiger partial charge in [-0.05, 0) is 50.3 Å². The fraction of sp³-hybridized carbons (Fsp3) is 0.710. The van der Waals surface area contributed by atoms with Crippen LogP contribution in [-0.2, 0) is 23.7 Å². The molecule has 1 unspecified atom stereocenters. The lowest BCUT2D eigenvalue weighted by atomic mass is 9.71. The molecule has 4 aliphatic heterocycles. The largest absolute Gasteiger partial charge is 0.462 e. The Hall–Kier alpha value is -1.85. The molecular weight excluding hydrogens is 516 g/mol. The molecule has 40 heavy (non-hydrogen) atoms. The summed E-state index contributed by atoms with van der Waals surface area (Å²) in [6.45, 7) is 7.53. The van der Waals surface area contributed by atoms with E-state index in [4.69, 9.17) is 18.9 Å². The first-order valence-electron chi connectivity index (χ1n) is 14.6. The summed E-state index contributed by atoms with van der Waals surface area (Å²) in [4.78, 5) is 13.8. The second-order valence-corrected chi connectivity index (χ2v) is 12.4. The van der Waals surface area contributed by atoms with E-state index < -0.39 is 47.7 Å². The van der Waals surface area contributed by atoms with Crippen molar-refractivity contribution in [1.29, 1.82) is 0 Å². The predicted molar refractivity (Wildman–Crippen MR) is 146 cm³/mol. The summed E-state index contributed by atoms with van der Waals surface area (Å²) >= 11 is 0. The Kier molecular flexibility index (Phi) is 8.47. The number of hydrogen-bond acceptors (Lipinski definition) is 9. The molecule has 11 atom stereocenters. The van der Waals surface area contributed by atoms with Gasteiger partial charge in [0.25, 0.3) is 0 Å². The molecule has 4 heterocycles. The van der Waals surface area contributed by atoms with Gasteiger partial charge in [-0.3, -0.25) is 4.79 Å². The van der Waals surface area contributed by atoms with Crippen molar-refractivity contribution in [3.8, 4) is 0 Å². The van der Waals surface area contributed by atoms with Crippen LogP contribution < -0.4 is 0 Å².